The molecule has 1 saturated heterocycles. The molecule has 11 heteroatoms. The Balaban J connectivity index is 1.40. The lowest BCUT2D eigenvalue weighted by atomic mass is 9.96. The van der Waals surface area contributed by atoms with Gasteiger partial charge in [-0.3, -0.25) is 14.5 Å². The third kappa shape index (κ3) is 9.92. The van der Waals surface area contributed by atoms with E-state index < -0.39 is 12.0 Å². The molecule has 47 heavy (non-hydrogen) atoms. The van der Waals surface area contributed by atoms with E-state index in [1.165, 1.54) is 37.4 Å². The maximum absolute atomic E-state index is 13.6. The van der Waals surface area contributed by atoms with Crippen LogP contribution in [-0.4, -0.2) is 104 Å². The zero-order chi connectivity index (χ0) is 34.0. The minimum absolute atomic E-state index is 0.0718. The molecule has 11 nitrogen and oxygen atoms in total. The molecule has 0 saturated carbocycles. The first kappa shape index (κ1) is 35.7. The van der Waals surface area contributed by atoms with Gasteiger partial charge in [-0.15, -0.1) is 0 Å². The maximum atomic E-state index is 13.6. The Morgan fingerprint density at radius 2 is 1.36 bits per heavy atom. The molecule has 1 fully saturated rings. The lowest BCUT2D eigenvalue weighted by molar-refractivity contribution is -0.238. The zero-order valence-corrected chi connectivity index (χ0v) is 28.3. The van der Waals surface area contributed by atoms with Gasteiger partial charge in [0.05, 0.1) is 46.1 Å². The number of carbonyl (C=O) groups excluding carboxylic acids is 2. The molecule has 2 N–H and O–H groups in total. The summed E-state index contributed by atoms with van der Waals surface area (Å²) in [5.41, 5.74) is 2.42. The minimum Gasteiger partial charge on any atom is -0.493 e. The third-order valence-corrected chi connectivity index (χ3v) is 7.93. The van der Waals surface area contributed by atoms with Crippen LogP contribution in [0.1, 0.15) is 43.5 Å². The molecular weight excluding hydrogens is 600 g/mol. The Morgan fingerprint density at radius 3 is 1.83 bits per heavy atom. The van der Waals surface area contributed by atoms with Gasteiger partial charge in [-0.1, -0.05) is 60.7 Å². The van der Waals surface area contributed by atoms with E-state index in [-0.39, 0.29) is 37.5 Å². The first-order valence-corrected chi connectivity index (χ1v) is 15.8. The van der Waals surface area contributed by atoms with Crippen LogP contribution in [0.4, 0.5) is 0 Å². The van der Waals surface area contributed by atoms with Crippen LogP contribution in [0.25, 0.3) is 0 Å². The second-order valence-corrected chi connectivity index (χ2v) is 12.4. The van der Waals surface area contributed by atoms with Gasteiger partial charge in [-0.25, -0.2) is 4.90 Å². The number of aliphatic hydroxyl groups is 1. The number of amides is 2. The fourth-order valence-electron chi connectivity index (χ4n) is 5.67. The summed E-state index contributed by atoms with van der Waals surface area (Å²) < 4.78 is 22.0. The number of aliphatic hydroxyl groups excluding tert-OH is 1. The molecule has 0 radical (unpaired) electrons. The van der Waals surface area contributed by atoms with Crippen molar-refractivity contribution in [2.75, 3.05) is 60.6 Å². The van der Waals surface area contributed by atoms with Gasteiger partial charge in [0, 0.05) is 32.7 Å². The maximum Gasteiger partial charge on any atom is 0.237 e. The summed E-state index contributed by atoms with van der Waals surface area (Å²) in [6.07, 6.45) is -1.47. The highest BCUT2D eigenvalue weighted by Gasteiger charge is 2.31. The summed E-state index contributed by atoms with van der Waals surface area (Å²) >= 11 is 0. The molecule has 2 amide bonds. The van der Waals surface area contributed by atoms with E-state index in [0.717, 1.165) is 5.56 Å². The molecule has 3 aromatic rings. The van der Waals surface area contributed by atoms with Crippen molar-refractivity contribution >= 4 is 11.8 Å². The topological polar surface area (TPSA) is 113 Å². The van der Waals surface area contributed by atoms with Gasteiger partial charge in [-0.05, 0) is 49.6 Å². The molecule has 0 aromatic heterocycles. The third-order valence-electron chi connectivity index (χ3n) is 7.93. The second kappa shape index (κ2) is 16.6. The normalized spacial score (nSPS) is 14.6. The predicted molar refractivity (Wildman–Crippen MR) is 179 cm³/mol. The summed E-state index contributed by atoms with van der Waals surface area (Å²) in [5, 5.41) is 13.8. The number of nitrogens with one attached hydrogen (secondary N) is 1. The Labute approximate surface area is 278 Å². The van der Waals surface area contributed by atoms with Gasteiger partial charge in [0.15, 0.2) is 11.5 Å². The van der Waals surface area contributed by atoms with E-state index in [1.54, 1.807) is 37.8 Å². The molecular formula is C36H48N4O7. The van der Waals surface area contributed by atoms with Crippen molar-refractivity contribution in [3.05, 3.63) is 89.5 Å². The van der Waals surface area contributed by atoms with Gasteiger partial charge in [0.1, 0.15) is 0 Å². The summed E-state index contributed by atoms with van der Waals surface area (Å²) in [6.45, 7) is 7.53. The van der Waals surface area contributed by atoms with Gasteiger partial charge >= 0.3 is 0 Å². The number of nitrogens with zero attached hydrogens (tertiary/aromatic N) is 3. The van der Waals surface area contributed by atoms with Crippen molar-refractivity contribution in [2.24, 2.45) is 0 Å². The van der Waals surface area contributed by atoms with Crippen LogP contribution >= 0.6 is 0 Å². The van der Waals surface area contributed by atoms with Crippen molar-refractivity contribution in [1.82, 2.24) is 20.0 Å². The van der Waals surface area contributed by atoms with Crippen LogP contribution in [0.2, 0.25) is 0 Å². The molecule has 0 spiro atoms. The van der Waals surface area contributed by atoms with Crippen LogP contribution in [0.3, 0.4) is 0 Å². The number of carbonyl (C=O) groups is 2. The van der Waals surface area contributed by atoms with Crippen LogP contribution in [0.15, 0.2) is 72.8 Å². The molecule has 3 aromatic carbocycles. The van der Waals surface area contributed by atoms with Gasteiger partial charge < -0.3 is 34.3 Å². The number of hydrogen-bond donors (Lipinski definition) is 2. The van der Waals surface area contributed by atoms with Crippen molar-refractivity contribution in [3.63, 3.8) is 0 Å². The Morgan fingerprint density at radius 1 is 0.830 bits per heavy atom. The van der Waals surface area contributed by atoms with E-state index in [0.29, 0.717) is 43.4 Å². The number of rotatable bonds is 14. The number of hydrogen-bond acceptors (Lipinski definition) is 9. The Hall–Kier alpha value is -4.16. The largest absolute Gasteiger partial charge is 0.493 e. The van der Waals surface area contributed by atoms with Crippen LogP contribution < -0.4 is 19.5 Å². The smallest absolute Gasteiger partial charge is 0.237 e. The molecule has 0 aliphatic carbocycles. The lowest BCUT2D eigenvalue weighted by Gasteiger charge is -2.40. The predicted octanol–water partition coefficient (Wildman–Crippen LogP) is 3.66. The Kier molecular flexibility index (Phi) is 12.6. The van der Waals surface area contributed by atoms with Crippen molar-refractivity contribution < 1.29 is 33.6 Å². The molecule has 0 bridgehead atoms. The highest BCUT2D eigenvalue weighted by atomic mass is 16.6. The van der Waals surface area contributed by atoms with Crippen LogP contribution in [0, 0.1) is 0 Å². The summed E-state index contributed by atoms with van der Waals surface area (Å²) in [7, 11) is 4.57. The van der Waals surface area contributed by atoms with Crippen LogP contribution in [-0.2, 0) is 20.9 Å². The van der Waals surface area contributed by atoms with E-state index in [4.69, 9.17) is 18.9 Å². The molecule has 1 aliphatic rings. The first-order valence-electron chi connectivity index (χ1n) is 15.8. The van der Waals surface area contributed by atoms with Crippen molar-refractivity contribution in [2.45, 2.75) is 45.4 Å². The quantitative estimate of drug-likeness (QED) is 0.253. The van der Waals surface area contributed by atoms with E-state index in [2.05, 4.69) is 34.5 Å². The molecule has 1 atom stereocenters. The summed E-state index contributed by atoms with van der Waals surface area (Å²) in [4.78, 5) is 32.2. The number of methoxy groups -OCH3 is 3. The molecule has 1 heterocycles. The molecule has 1 unspecified atom stereocenters. The molecule has 254 valence electrons. The van der Waals surface area contributed by atoms with Crippen LogP contribution in [0.5, 0.6) is 17.2 Å². The molecule has 1 aliphatic heterocycles. The van der Waals surface area contributed by atoms with Gasteiger partial charge in [-0.2, -0.15) is 0 Å². The lowest BCUT2D eigenvalue weighted by Crippen LogP contribution is -2.54. The fraction of sp³-hybridized carbons (Fsp3) is 0.444. The van der Waals surface area contributed by atoms with E-state index >= 15 is 0 Å². The molecule has 4 rings (SSSR count). The van der Waals surface area contributed by atoms with E-state index in [9.17, 15) is 14.7 Å². The fourth-order valence-corrected chi connectivity index (χ4v) is 5.67. The number of ether oxygens (including phenoxy) is 4. The zero-order valence-electron chi connectivity index (χ0n) is 28.3. The standard InChI is InChI=1S/C36H48N4O7/c1-36(2,3)47-35(43)40(24-31(41)37-23-26-21-29(44-4)34(46-6)30(22-26)45-5)25-32(42)38-17-19-39(20-18-38)33(27-13-9-7-10-14-27)28-15-11-8-12-16-28/h7-16,21-22,33,35,43H,17-20,23-25H2,1-6H3,(H,37,41). The number of piperazine rings is 1. The Bertz CT molecular complexity index is 1380. The highest BCUT2D eigenvalue weighted by molar-refractivity contribution is 5.81. The van der Waals surface area contributed by atoms with Gasteiger partial charge in [0.2, 0.25) is 24.0 Å². The average molecular weight is 649 g/mol. The van der Waals surface area contributed by atoms with Gasteiger partial charge in [0.25, 0.3) is 0 Å². The highest BCUT2D eigenvalue weighted by Crippen LogP contribution is 2.38. The summed E-state index contributed by atoms with van der Waals surface area (Å²) in [5.74, 6) is 0.817. The second-order valence-electron chi connectivity index (χ2n) is 12.4. The SMILES string of the molecule is COc1cc(CNC(=O)CN(CC(=O)N2CCN(C(c3ccccc3)c3ccccc3)CC2)C(O)OC(C)(C)C)cc(OC)c1OC. The first-order chi connectivity index (χ1) is 22.5. The monoisotopic (exact) mass is 648 g/mol. The summed E-state index contributed by atoms with van der Waals surface area (Å²) in [6, 6.07) is 24.3. The average Bonchev–Trinajstić information content (AvgIpc) is 3.07. The number of benzene rings is 3. The van der Waals surface area contributed by atoms with Crippen molar-refractivity contribution in [1.29, 1.82) is 0 Å². The minimum atomic E-state index is -1.47. The van der Waals surface area contributed by atoms with Crippen molar-refractivity contribution in [3.8, 4) is 17.2 Å². The van der Waals surface area contributed by atoms with E-state index in [1.807, 2.05) is 36.4 Å².